The predicted molar refractivity (Wildman–Crippen MR) is 89.3 cm³/mol. The Morgan fingerprint density at radius 3 is 2.48 bits per heavy atom. The SMILES string of the molecule is CCNC(COc1ccc(Cl)cc1)Cc1ccccc1C. The maximum atomic E-state index is 5.88. The Labute approximate surface area is 132 Å². The molecule has 2 nitrogen and oxygen atoms in total. The standard InChI is InChI=1S/C18H22ClNO/c1-3-20-17(12-15-7-5-4-6-14(15)2)13-21-18-10-8-16(19)9-11-18/h4-11,17,20H,3,12-13H2,1-2H3. The lowest BCUT2D eigenvalue weighted by molar-refractivity contribution is 0.264. The van der Waals surface area contributed by atoms with Crippen LogP contribution in [0.5, 0.6) is 5.75 Å². The molecule has 2 rings (SSSR count). The molecule has 1 unspecified atom stereocenters. The smallest absolute Gasteiger partial charge is 0.119 e. The van der Waals surface area contributed by atoms with Crippen LogP contribution in [0.2, 0.25) is 5.02 Å². The maximum Gasteiger partial charge on any atom is 0.119 e. The summed E-state index contributed by atoms with van der Waals surface area (Å²) in [6.45, 7) is 5.84. The van der Waals surface area contributed by atoms with Crippen LogP contribution in [-0.2, 0) is 6.42 Å². The quantitative estimate of drug-likeness (QED) is 0.825. The zero-order valence-electron chi connectivity index (χ0n) is 12.6. The van der Waals surface area contributed by atoms with Crippen molar-refractivity contribution in [2.75, 3.05) is 13.2 Å². The monoisotopic (exact) mass is 303 g/mol. The van der Waals surface area contributed by atoms with E-state index in [0.29, 0.717) is 12.6 Å². The van der Waals surface area contributed by atoms with Gasteiger partial charge in [0.1, 0.15) is 12.4 Å². The van der Waals surface area contributed by atoms with E-state index in [4.69, 9.17) is 16.3 Å². The molecule has 0 amide bonds. The summed E-state index contributed by atoms with van der Waals surface area (Å²) in [5.74, 6) is 0.854. The van der Waals surface area contributed by atoms with Gasteiger partial charge in [-0.3, -0.25) is 0 Å². The molecule has 0 saturated carbocycles. The third kappa shape index (κ3) is 5.07. The molecule has 0 spiro atoms. The van der Waals surface area contributed by atoms with Crippen molar-refractivity contribution in [3.63, 3.8) is 0 Å². The van der Waals surface area contributed by atoms with E-state index in [-0.39, 0.29) is 0 Å². The van der Waals surface area contributed by atoms with Gasteiger partial charge in [-0.2, -0.15) is 0 Å². The summed E-state index contributed by atoms with van der Waals surface area (Å²) in [5, 5.41) is 4.22. The summed E-state index contributed by atoms with van der Waals surface area (Å²) in [6, 6.07) is 16.3. The molecule has 2 aromatic rings. The van der Waals surface area contributed by atoms with E-state index >= 15 is 0 Å². The van der Waals surface area contributed by atoms with Crippen molar-refractivity contribution in [2.24, 2.45) is 0 Å². The molecule has 0 aromatic heterocycles. The third-order valence-corrected chi connectivity index (χ3v) is 3.74. The molecule has 21 heavy (non-hydrogen) atoms. The van der Waals surface area contributed by atoms with Crippen molar-refractivity contribution in [3.05, 3.63) is 64.7 Å². The lowest BCUT2D eigenvalue weighted by Gasteiger charge is -2.19. The number of nitrogens with one attached hydrogen (secondary N) is 1. The lowest BCUT2D eigenvalue weighted by atomic mass is 10.0. The van der Waals surface area contributed by atoms with E-state index in [1.807, 2.05) is 24.3 Å². The first-order valence-electron chi connectivity index (χ1n) is 7.35. The predicted octanol–water partition coefficient (Wildman–Crippen LogP) is 4.25. The molecule has 0 radical (unpaired) electrons. The zero-order chi connectivity index (χ0) is 15.1. The van der Waals surface area contributed by atoms with Crippen LogP contribution in [0.4, 0.5) is 0 Å². The first-order chi connectivity index (χ1) is 10.2. The molecule has 3 heteroatoms. The molecule has 0 fully saturated rings. The highest BCUT2D eigenvalue weighted by Gasteiger charge is 2.11. The average Bonchev–Trinajstić information content (AvgIpc) is 2.49. The van der Waals surface area contributed by atoms with Gasteiger partial charge in [-0.05, 0) is 55.3 Å². The van der Waals surface area contributed by atoms with Crippen molar-refractivity contribution in [2.45, 2.75) is 26.3 Å². The molecule has 112 valence electrons. The first-order valence-corrected chi connectivity index (χ1v) is 7.73. The summed E-state index contributed by atoms with van der Waals surface area (Å²) in [5.41, 5.74) is 2.69. The number of halogens is 1. The molecule has 0 aliphatic heterocycles. The van der Waals surface area contributed by atoms with Gasteiger partial charge in [0.25, 0.3) is 0 Å². The van der Waals surface area contributed by atoms with E-state index < -0.39 is 0 Å². The van der Waals surface area contributed by atoms with E-state index in [1.54, 1.807) is 0 Å². The van der Waals surface area contributed by atoms with Crippen LogP contribution in [0.15, 0.2) is 48.5 Å². The van der Waals surface area contributed by atoms with Crippen LogP contribution < -0.4 is 10.1 Å². The molecular formula is C18H22ClNO. The van der Waals surface area contributed by atoms with Gasteiger partial charge in [-0.25, -0.2) is 0 Å². The minimum Gasteiger partial charge on any atom is -0.492 e. The molecule has 1 atom stereocenters. The second-order valence-electron chi connectivity index (χ2n) is 5.15. The normalized spacial score (nSPS) is 12.1. The lowest BCUT2D eigenvalue weighted by Crippen LogP contribution is -2.36. The number of ether oxygens (including phenoxy) is 1. The van der Waals surface area contributed by atoms with Gasteiger partial charge in [0.05, 0.1) is 0 Å². The summed E-state index contributed by atoms with van der Waals surface area (Å²) in [7, 11) is 0. The molecule has 2 aromatic carbocycles. The first kappa shape index (κ1) is 15.9. The van der Waals surface area contributed by atoms with Gasteiger partial charge in [0, 0.05) is 11.1 Å². The average molecular weight is 304 g/mol. The van der Waals surface area contributed by atoms with Gasteiger partial charge in [0.15, 0.2) is 0 Å². The summed E-state index contributed by atoms with van der Waals surface area (Å²) >= 11 is 5.88. The van der Waals surface area contributed by atoms with Gasteiger partial charge in [-0.1, -0.05) is 42.8 Å². The Morgan fingerprint density at radius 1 is 1.10 bits per heavy atom. The Hall–Kier alpha value is -1.51. The Morgan fingerprint density at radius 2 is 1.81 bits per heavy atom. The van der Waals surface area contributed by atoms with Crippen molar-refractivity contribution in [1.29, 1.82) is 0 Å². The number of hydrogen-bond acceptors (Lipinski definition) is 2. The number of rotatable bonds is 7. The maximum absolute atomic E-state index is 5.88. The van der Waals surface area contributed by atoms with Gasteiger partial charge >= 0.3 is 0 Å². The van der Waals surface area contributed by atoms with E-state index in [2.05, 4.69) is 43.4 Å². The fourth-order valence-electron chi connectivity index (χ4n) is 2.31. The highest BCUT2D eigenvalue weighted by atomic mass is 35.5. The summed E-state index contributed by atoms with van der Waals surface area (Å²) in [6.07, 6.45) is 0.966. The molecule has 0 bridgehead atoms. The molecule has 0 aliphatic carbocycles. The Balaban J connectivity index is 1.95. The topological polar surface area (TPSA) is 21.3 Å². The van der Waals surface area contributed by atoms with E-state index in [1.165, 1.54) is 11.1 Å². The number of aryl methyl sites for hydroxylation is 1. The van der Waals surface area contributed by atoms with Crippen molar-refractivity contribution < 1.29 is 4.74 Å². The van der Waals surface area contributed by atoms with Crippen LogP contribution in [0, 0.1) is 6.92 Å². The highest BCUT2D eigenvalue weighted by Crippen LogP contribution is 2.16. The molecule has 0 heterocycles. The van der Waals surface area contributed by atoms with Crippen LogP contribution in [-0.4, -0.2) is 19.2 Å². The molecule has 1 N–H and O–H groups in total. The van der Waals surface area contributed by atoms with E-state index in [9.17, 15) is 0 Å². The van der Waals surface area contributed by atoms with Crippen molar-refractivity contribution in [1.82, 2.24) is 5.32 Å². The van der Waals surface area contributed by atoms with Gasteiger partial charge < -0.3 is 10.1 Å². The number of likely N-dealkylation sites (N-methyl/N-ethyl adjacent to an activating group) is 1. The third-order valence-electron chi connectivity index (χ3n) is 3.49. The van der Waals surface area contributed by atoms with Gasteiger partial charge in [0.2, 0.25) is 0 Å². The second kappa shape index (κ2) is 8.06. The van der Waals surface area contributed by atoms with Crippen LogP contribution in [0.1, 0.15) is 18.1 Å². The van der Waals surface area contributed by atoms with Crippen molar-refractivity contribution in [3.8, 4) is 5.75 Å². The minimum atomic E-state index is 0.298. The van der Waals surface area contributed by atoms with E-state index in [0.717, 1.165) is 23.7 Å². The number of benzene rings is 2. The minimum absolute atomic E-state index is 0.298. The fourth-order valence-corrected chi connectivity index (χ4v) is 2.44. The fraction of sp³-hybridized carbons (Fsp3) is 0.333. The molecule has 0 aliphatic rings. The Kier molecular flexibility index (Phi) is 6.09. The van der Waals surface area contributed by atoms with Crippen LogP contribution in [0.25, 0.3) is 0 Å². The Bertz CT molecular complexity index is 553. The highest BCUT2D eigenvalue weighted by molar-refractivity contribution is 6.30. The van der Waals surface area contributed by atoms with Crippen LogP contribution in [0.3, 0.4) is 0 Å². The molecular weight excluding hydrogens is 282 g/mol. The van der Waals surface area contributed by atoms with Crippen LogP contribution >= 0.6 is 11.6 Å². The van der Waals surface area contributed by atoms with Gasteiger partial charge in [-0.15, -0.1) is 0 Å². The second-order valence-corrected chi connectivity index (χ2v) is 5.59. The summed E-state index contributed by atoms with van der Waals surface area (Å²) < 4.78 is 5.87. The largest absolute Gasteiger partial charge is 0.492 e. The molecule has 0 saturated heterocycles. The number of hydrogen-bond donors (Lipinski definition) is 1. The zero-order valence-corrected chi connectivity index (χ0v) is 13.4. The summed E-state index contributed by atoms with van der Waals surface area (Å²) in [4.78, 5) is 0. The van der Waals surface area contributed by atoms with Crippen molar-refractivity contribution >= 4 is 11.6 Å².